The van der Waals surface area contributed by atoms with Crippen molar-refractivity contribution in [3.63, 3.8) is 0 Å². The summed E-state index contributed by atoms with van der Waals surface area (Å²) in [4.78, 5) is 13.8. The van der Waals surface area contributed by atoms with Gasteiger partial charge in [-0.05, 0) is 19.3 Å². The molecule has 0 saturated carbocycles. The van der Waals surface area contributed by atoms with Crippen LogP contribution in [-0.4, -0.2) is 49.2 Å². The third kappa shape index (κ3) is 1.56. The molecule has 1 N–H and O–H groups in total. The number of nitrogens with one attached hydrogen (secondary N) is 1. The van der Waals surface area contributed by atoms with Gasteiger partial charge in [0.1, 0.15) is 5.60 Å². The first-order chi connectivity index (χ1) is 7.29. The number of likely N-dealkylation sites (tertiary alicyclic amines) is 1. The molecule has 1 spiro atoms. The molecule has 15 heavy (non-hydrogen) atoms. The first-order valence-electron chi connectivity index (χ1n) is 5.93. The van der Waals surface area contributed by atoms with Crippen LogP contribution in [0.15, 0.2) is 0 Å². The molecule has 4 heteroatoms. The summed E-state index contributed by atoms with van der Waals surface area (Å²) in [5.41, 5.74) is 0.0467. The molecule has 1 amide bonds. The van der Waals surface area contributed by atoms with Crippen molar-refractivity contribution in [1.82, 2.24) is 10.2 Å². The first kappa shape index (κ1) is 9.60. The van der Waals surface area contributed by atoms with E-state index < -0.39 is 0 Å². The monoisotopic (exact) mass is 210 g/mol. The lowest BCUT2D eigenvalue weighted by molar-refractivity contribution is -0.184. The minimum absolute atomic E-state index is 0.0467. The zero-order valence-electron chi connectivity index (χ0n) is 9.00. The van der Waals surface area contributed by atoms with Gasteiger partial charge in [-0.25, -0.2) is 0 Å². The van der Waals surface area contributed by atoms with Gasteiger partial charge < -0.3 is 15.0 Å². The smallest absolute Gasteiger partial charge is 0.228 e. The summed E-state index contributed by atoms with van der Waals surface area (Å²) in [6, 6.07) is 0. The molecule has 0 atom stereocenters. The van der Waals surface area contributed by atoms with Crippen molar-refractivity contribution in [2.24, 2.45) is 5.92 Å². The highest BCUT2D eigenvalue weighted by atomic mass is 16.5. The highest BCUT2D eigenvalue weighted by molar-refractivity contribution is 5.81. The Balaban J connectivity index is 1.53. The van der Waals surface area contributed by atoms with Crippen molar-refractivity contribution in [1.29, 1.82) is 0 Å². The van der Waals surface area contributed by atoms with Crippen LogP contribution < -0.4 is 5.32 Å². The molecule has 3 fully saturated rings. The summed E-state index contributed by atoms with van der Waals surface area (Å²) in [6.45, 7) is 4.28. The average Bonchev–Trinajstić information content (AvgIpc) is 2.12. The Labute approximate surface area is 90.0 Å². The van der Waals surface area contributed by atoms with Crippen LogP contribution in [0.2, 0.25) is 0 Å². The van der Waals surface area contributed by atoms with Crippen molar-refractivity contribution < 1.29 is 9.53 Å². The number of amides is 1. The van der Waals surface area contributed by atoms with Crippen molar-refractivity contribution in [2.45, 2.75) is 24.9 Å². The van der Waals surface area contributed by atoms with Gasteiger partial charge in [0, 0.05) is 19.7 Å². The molecule has 0 aromatic rings. The molecule has 0 aliphatic carbocycles. The molecule has 3 aliphatic heterocycles. The molecule has 3 saturated heterocycles. The van der Waals surface area contributed by atoms with Gasteiger partial charge in [-0.3, -0.25) is 4.79 Å². The molecule has 84 valence electrons. The van der Waals surface area contributed by atoms with Crippen LogP contribution >= 0.6 is 0 Å². The van der Waals surface area contributed by atoms with E-state index in [9.17, 15) is 4.79 Å². The summed E-state index contributed by atoms with van der Waals surface area (Å²) in [6.07, 6.45) is 3.58. The van der Waals surface area contributed by atoms with Gasteiger partial charge >= 0.3 is 0 Å². The molecular weight excluding hydrogens is 192 g/mol. The fraction of sp³-hybridized carbons (Fsp3) is 0.909. The Morgan fingerprint density at radius 3 is 2.67 bits per heavy atom. The third-order valence-corrected chi connectivity index (χ3v) is 3.84. The van der Waals surface area contributed by atoms with E-state index in [1.807, 2.05) is 4.90 Å². The second kappa shape index (κ2) is 3.46. The van der Waals surface area contributed by atoms with E-state index in [-0.39, 0.29) is 11.5 Å². The van der Waals surface area contributed by atoms with Crippen LogP contribution in [0.3, 0.4) is 0 Å². The number of hydrogen-bond acceptors (Lipinski definition) is 3. The highest BCUT2D eigenvalue weighted by Crippen LogP contribution is 2.34. The van der Waals surface area contributed by atoms with Crippen molar-refractivity contribution in [2.75, 3.05) is 32.8 Å². The van der Waals surface area contributed by atoms with Gasteiger partial charge in [0.05, 0.1) is 19.0 Å². The van der Waals surface area contributed by atoms with Crippen LogP contribution in [0.1, 0.15) is 19.3 Å². The molecule has 4 nitrogen and oxygen atoms in total. The van der Waals surface area contributed by atoms with Gasteiger partial charge in [-0.2, -0.15) is 0 Å². The third-order valence-electron chi connectivity index (χ3n) is 3.84. The lowest BCUT2D eigenvalue weighted by Crippen LogP contribution is -2.68. The van der Waals surface area contributed by atoms with Gasteiger partial charge in [0.15, 0.2) is 0 Å². The van der Waals surface area contributed by atoms with Gasteiger partial charge in [-0.1, -0.05) is 0 Å². The molecule has 3 heterocycles. The minimum Gasteiger partial charge on any atom is -0.371 e. The summed E-state index contributed by atoms with van der Waals surface area (Å²) >= 11 is 0. The van der Waals surface area contributed by atoms with Crippen molar-refractivity contribution >= 4 is 5.91 Å². The minimum atomic E-state index is 0.0467. The van der Waals surface area contributed by atoms with Gasteiger partial charge in [0.25, 0.3) is 0 Å². The van der Waals surface area contributed by atoms with E-state index in [1.165, 1.54) is 12.8 Å². The van der Waals surface area contributed by atoms with E-state index in [4.69, 9.17) is 4.74 Å². The van der Waals surface area contributed by atoms with Crippen molar-refractivity contribution in [3.8, 4) is 0 Å². The Morgan fingerprint density at radius 1 is 1.33 bits per heavy atom. The van der Waals surface area contributed by atoms with Crippen LogP contribution in [0.5, 0.6) is 0 Å². The highest BCUT2D eigenvalue weighted by Gasteiger charge is 2.48. The maximum Gasteiger partial charge on any atom is 0.228 e. The molecule has 0 bridgehead atoms. The van der Waals surface area contributed by atoms with Crippen LogP contribution in [-0.2, 0) is 9.53 Å². The molecule has 0 unspecified atom stereocenters. The summed E-state index contributed by atoms with van der Waals surface area (Å²) < 4.78 is 5.80. The molecular formula is C11H18N2O2. The first-order valence-corrected chi connectivity index (χ1v) is 5.93. The van der Waals surface area contributed by atoms with Crippen LogP contribution in [0.4, 0.5) is 0 Å². The normalized spacial score (nSPS) is 29.7. The maximum absolute atomic E-state index is 11.9. The lowest BCUT2D eigenvalue weighted by atomic mass is 9.84. The Hall–Kier alpha value is -0.610. The Morgan fingerprint density at radius 2 is 2.13 bits per heavy atom. The van der Waals surface area contributed by atoms with Crippen molar-refractivity contribution in [3.05, 3.63) is 0 Å². The number of ether oxygens (including phenoxy) is 1. The van der Waals surface area contributed by atoms with Crippen LogP contribution in [0.25, 0.3) is 0 Å². The summed E-state index contributed by atoms with van der Waals surface area (Å²) in [5.74, 6) is 0.569. The fourth-order valence-electron chi connectivity index (χ4n) is 2.69. The molecule has 0 aromatic heterocycles. The standard InChI is InChI=1S/C11H18N2O2/c14-10(9-5-12-6-9)13-7-11(8-13)3-1-2-4-15-11/h9,12H,1-8H2. The second-order valence-electron chi connectivity index (χ2n) is 5.04. The van der Waals surface area contributed by atoms with Gasteiger partial charge in [-0.15, -0.1) is 0 Å². The summed E-state index contributed by atoms with van der Waals surface area (Å²) in [5, 5.41) is 3.14. The predicted molar refractivity (Wildman–Crippen MR) is 55.5 cm³/mol. The van der Waals surface area contributed by atoms with E-state index in [1.54, 1.807) is 0 Å². The SMILES string of the molecule is O=C(C1CNC1)N1CC2(CCCCO2)C1. The zero-order valence-corrected chi connectivity index (χ0v) is 9.00. The number of rotatable bonds is 1. The lowest BCUT2D eigenvalue weighted by Gasteiger charge is -2.52. The molecule has 0 radical (unpaired) electrons. The maximum atomic E-state index is 11.9. The summed E-state index contributed by atoms with van der Waals surface area (Å²) in [7, 11) is 0. The number of nitrogens with zero attached hydrogens (tertiary/aromatic N) is 1. The average molecular weight is 210 g/mol. The van der Waals surface area contributed by atoms with E-state index in [0.717, 1.165) is 39.2 Å². The predicted octanol–water partition coefficient (Wildman–Crippen LogP) is -0.0127. The second-order valence-corrected chi connectivity index (χ2v) is 5.04. The number of hydrogen-bond donors (Lipinski definition) is 1. The molecule has 0 aromatic carbocycles. The largest absolute Gasteiger partial charge is 0.371 e. The Kier molecular flexibility index (Phi) is 2.21. The zero-order chi connectivity index (χ0) is 10.3. The van der Waals surface area contributed by atoms with E-state index in [2.05, 4.69) is 5.32 Å². The van der Waals surface area contributed by atoms with Gasteiger partial charge in [0.2, 0.25) is 5.91 Å². The molecule has 3 aliphatic rings. The fourth-order valence-corrected chi connectivity index (χ4v) is 2.69. The quantitative estimate of drug-likeness (QED) is 0.661. The topological polar surface area (TPSA) is 41.6 Å². The van der Waals surface area contributed by atoms with E-state index >= 15 is 0 Å². The number of carbonyl (C=O) groups excluding carboxylic acids is 1. The Bertz CT molecular complexity index is 262. The molecule has 3 rings (SSSR count). The van der Waals surface area contributed by atoms with E-state index in [0.29, 0.717) is 5.91 Å². The number of carbonyl (C=O) groups is 1. The van der Waals surface area contributed by atoms with Crippen LogP contribution in [0, 0.1) is 5.92 Å².